The van der Waals surface area contributed by atoms with Gasteiger partial charge in [0.05, 0.1) is 5.69 Å². The zero-order chi connectivity index (χ0) is 22.1. The molecule has 1 amide bonds. The summed E-state index contributed by atoms with van der Waals surface area (Å²) in [6, 6.07) is 20.2. The van der Waals surface area contributed by atoms with E-state index in [2.05, 4.69) is 44.3 Å². The molecule has 2 bridgehead atoms. The first-order chi connectivity index (χ1) is 15.6. The summed E-state index contributed by atoms with van der Waals surface area (Å²) in [7, 11) is 0. The van der Waals surface area contributed by atoms with Crippen LogP contribution in [0, 0.1) is 12.8 Å². The van der Waals surface area contributed by atoms with E-state index in [0.717, 1.165) is 52.3 Å². The first-order valence-electron chi connectivity index (χ1n) is 11.3. The predicted molar refractivity (Wildman–Crippen MR) is 130 cm³/mol. The Kier molecular flexibility index (Phi) is 6.07. The molecule has 3 aliphatic heterocycles. The normalized spacial score (nSPS) is 24.3. The number of hydrogen-bond acceptors (Lipinski definition) is 4. The van der Waals surface area contributed by atoms with Gasteiger partial charge in [0, 0.05) is 46.3 Å². The number of nitrogens with one attached hydrogen (secondary N) is 1. The maximum atomic E-state index is 12.5. The van der Waals surface area contributed by atoms with Crippen molar-refractivity contribution in [3.8, 4) is 11.3 Å². The molecule has 1 aromatic heterocycles. The Hall–Kier alpha value is -2.57. The third-order valence-electron chi connectivity index (χ3n) is 6.80. The summed E-state index contributed by atoms with van der Waals surface area (Å²) < 4.78 is 1.05. The molecule has 5 nitrogen and oxygen atoms in total. The van der Waals surface area contributed by atoms with Gasteiger partial charge in [-0.3, -0.25) is 9.69 Å². The van der Waals surface area contributed by atoms with Gasteiger partial charge >= 0.3 is 0 Å². The molecule has 3 aromatic rings. The maximum Gasteiger partial charge on any atom is 0.251 e. The fourth-order valence-corrected chi connectivity index (χ4v) is 5.66. The van der Waals surface area contributed by atoms with Crippen LogP contribution in [0.4, 0.5) is 0 Å². The minimum Gasteiger partial charge on any atom is -0.350 e. The lowest BCUT2D eigenvalue weighted by Crippen LogP contribution is -2.56. The Bertz CT molecular complexity index is 1120. The van der Waals surface area contributed by atoms with Crippen LogP contribution >= 0.6 is 15.9 Å². The number of amides is 1. The molecule has 6 rings (SSSR count). The van der Waals surface area contributed by atoms with Crippen LogP contribution in [0.25, 0.3) is 11.3 Å². The average molecular weight is 491 g/mol. The molecule has 2 aromatic carbocycles. The Labute approximate surface area is 197 Å². The number of rotatable bonds is 5. The number of piperidine rings is 3. The van der Waals surface area contributed by atoms with E-state index in [4.69, 9.17) is 9.97 Å². The van der Waals surface area contributed by atoms with Crippen LogP contribution in [0.15, 0.2) is 65.1 Å². The molecule has 4 heterocycles. The smallest absolute Gasteiger partial charge is 0.251 e. The van der Waals surface area contributed by atoms with Crippen molar-refractivity contribution in [2.45, 2.75) is 31.7 Å². The molecule has 0 saturated carbocycles. The number of halogens is 1. The fourth-order valence-electron chi connectivity index (χ4n) is 5.18. The highest BCUT2D eigenvalue weighted by Crippen LogP contribution is 2.42. The van der Waals surface area contributed by atoms with E-state index in [1.807, 2.05) is 49.4 Å². The molecule has 3 saturated heterocycles. The van der Waals surface area contributed by atoms with Gasteiger partial charge in [-0.05, 0) is 56.5 Å². The quantitative estimate of drug-likeness (QED) is 0.556. The largest absolute Gasteiger partial charge is 0.350 e. The summed E-state index contributed by atoms with van der Waals surface area (Å²) in [6.07, 6.45) is 2.27. The van der Waals surface area contributed by atoms with Gasteiger partial charge in [0.25, 0.3) is 5.91 Å². The summed E-state index contributed by atoms with van der Waals surface area (Å²) in [5.41, 5.74) is 3.94. The molecule has 0 spiro atoms. The number of nitrogens with zero attached hydrogens (tertiary/aromatic N) is 3. The number of aryl methyl sites for hydroxylation is 1. The minimum absolute atomic E-state index is 0.00861. The standard InChI is InChI=1S/C26H27BrN4O/c1-17-29-24(21-9-5-6-10-23(21)27)14-25(30-17)22-16-31-12-11-19(22)13-20(31)15-28-26(32)18-7-3-2-4-8-18/h2-10,14,19-20,22H,11-13,15-16H2,1H3,(H,28,32)/t19-,20+,22+/m0/s1. The molecular formula is C26H27BrN4O. The van der Waals surface area contributed by atoms with Crippen molar-refractivity contribution < 1.29 is 4.79 Å². The molecule has 6 heteroatoms. The lowest BCUT2D eigenvalue weighted by atomic mass is 9.74. The zero-order valence-electron chi connectivity index (χ0n) is 18.2. The highest BCUT2D eigenvalue weighted by Gasteiger charge is 2.41. The lowest BCUT2D eigenvalue weighted by molar-refractivity contribution is 0.0290. The van der Waals surface area contributed by atoms with E-state index >= 15 is 0 Å². The van der Waals surface area contributed by atoms with Crippen molar-refractivity contribution in [3.05, 3.63) is 82.2 Å². The summed E-state index contributed by atoms with van der Waals surface area (Å²) in [5.74, 6) is 1.82. The van der Waals surface area contributed by atoms with Gasteiger partial charge in [-0.25, -0.2) is 9.97 Å². The first kappa shape index (κ1) is 21.3. The van der Waals surface area contributed by atoms with E-state index in [0.29, 0.717) is 24.4 Å². The number of benzene rings is 2. The van der Waals surface area contributed by atoms with Gasteiger partial charge in [0.1, 0.15) is 5.82 Å². The van der Waals surface area contributed by atoms with E-state index < -0.39 is 0 Å². The van der Waals surface area contributed by atoms with Crippen molar-refractivity contribution in [3.63, 3.8) is 0 Å². The highest BCUT2D eigenvalue weighted by atomic mass is 79.9. The van der Waals surface area contributed by atoms with Gasteiger partial charge in [0.2, 0.25) is 0 Å². The summed E-state index contributed by atoms with van der Waals surface area (Å²) >= 11 is 3.66. The third kappa shape index (κ3) is 4.34. The van der Waals surface area contributed by atoms with E-state index in [1.54, 1.807) is 0 Å². The molecule has 0 radical (unpaired) electrons. The Balaban J connectivity index is 1.30. The first-order valence-corrected chi connectivity index (χ1v) is 12.1. The van der Waals surface area contributed by atoms with Gasteiger partial charge in [-0.15, -0.1) is 0 Å². The van der Waals surface area contributed by atoms with Gasteiger partial charge < -0.3 is 5.32 Å². The zero-order valence-corrected chi connectivity index (χ0v) is 19.8. The van der Waals surface area contributed by atoms with E-state index in [1.165, 1.54) is 6.42 Å². The van der Waals surface area contributed by atoms with Crippen molar-refractivity contribution in [1.29, 1.82) is 0 Å². The molecule has 0 aliphatic carbocycles. The minimum atomic E-state index is 0.00861. The number of hydrogen-bond donors (Lipinski definition) is 1. The monoisotopic (exact) mass is 490 g/mol. The molecule has 32 heavy (non-hydrogen) atoms. The second-order valence-electron chi connectivity index (χ2n) is 8.82. The molecule has 3 aliphatic rings. The predicted octanol–water partition coefficient (Wildman–Crippen LogP) is 4.82. The van der Waals surface area contributed by atoms with Crippen molar-refractivity contribution >= 4 is 21.8 Å². The second-order valence-corrected chi connectivity index (χ2v) is 9.68. The number of aromatic nitrogens is 2. The van der Waals surface area contributed by atoms with Crippen LogP contribution in [-0.2, 0) is 0 Å². The van der Waals surface area contributed by atoms with Crippen molar-refractivity contribution in [2.75, 3.05) is 19.6 Å². The van der Waals surface area contributed by atoms with Gasteiger partial charge in [-0.1, -0.05) is 52.3 Å². The van der Waals surface area contributed by atoms with E-state index in [-0.39, 0.29) is 5.91 Å². The molecule has 1 N–H and O–H groups in total. The van der Waals surface area contributed by atoms with Crippen LogP contribution < -0.4 is 5.32 Å². The lowest BCUT2D eigenvalue weighted by Gasteiger charge is -2.49. The summed E-state index contributed by atoms with van der Waals surface area (Å²) in [6.45, 7) is 4.76. The SMILES string of the molecule is Cc1nc(-c2ccccc2Br)cc([C@@H]2CN3CC[C@H]2C[C@@H]3CNC(=O)c2ccccc2)n1. The molecule has 3 fully saturated rings. The Morgan fingerprint density at radius 1 is 1.12 bits per heavy atom. The number of fused-ring (bicyclic) bond motifs is 3. The Morgan fingerprint density at radius 2 is 1.91 bits per heavy atom. The molecule has 164 valence electrons. The fraction of sp³-hybridized carbons (Fsp3) is 0.346. The summed E-state index contributed by atoms with van der Waals surface area (Å²) in [4.78, 5) is 24.6. The highest BCUT2D eigenvalue weighted by molar-refractivity contribution is 9.10. The number of carbonyl (C=O) groups is 1. The van der Waals surface area contributed by atoms with Crippen molar-refractivity contribution in [1.82, 2.24) is 20.2 Å². The van der Waals surface area contributed by atoms with Crippen LogP contribution in [0.1, 0.15) is 40.6 Å². The summed E-state index contributed by atoms with van der Waals surface area (Å²) in [5, 5.41) is 3.14. The topological polar surface area (TPSA) is 58.1 Å². The van der Waals surface area contributed by atoms with Crippen molar-refractivity contribution in [2.24, 2.45) is 5.92 Å². The molecular weight excluding hydrogens is 464 g/mol. The van der Waals surface area contributed by atoms with Crippen LogP contribution in [0.2, 0.25) is 0 Å². The van der Waals surface area contributed by atoms with Crippen LogP contribution in [0.5, 0.6) is 0 Å². The van der Waals surface area contributed by atoms with Crippen LogP contribution in [0.3, 0.4) is 0 Å². The number of carbonyl (C=O) groups excluding carboxylic acids is 1. The second kappa shape index (κ2) is 9.12. The molecule has 1 unspecified atom stereocenters. The third-order valence-corrected chi connectivity index (χ3v) is 7.49. The average Bonchev–Trinajstić information content (AvgIpc) is 2.83. The van der Waals surface area contributed by atoms with Gasteiger partial charge in [0.15, 0.2) is 0 Å². The Morgan fingerprint density at radius 3 is 2.66 bits per heavy atom. The molecule has 4 atom stereocenters. The van der Waals surface area contributed by atoms with Gasteiger partial charge in [-0.2, -0.15) is 0 Å². The van der Waals surface area contributed by atoms with E-state index in [9.17, 15) is 4.79 Å². The maximum absolute atomic E-state index is 12.5. The van der Waals surface area contributed by atoms with Crippen LogP contribution in [-0.4, -0.2) is 46.5 Å².